The molecule has 0 radical (unpaired) electrons. The average Bonchev–Trinajstić information content (AvgIpc) is 2.86. The van der Waals surface area contributed by atoms with Gasteiger partial charge in [0.25, 0.3) is 0 Å². The lowest BCUT2D eigenvalue weighted by molar-refractivity contribution is -0.123. The molecule has 94 valence electrons. The zero-order valence-corrected chi connectivity index (χ0v) is 10.2. The van der Waals surface area contributed by atoms with Gasteiger partial charge in [-0.05, 0) is 24.9 Å². The number of likely N-dealkylation sites (tertiary alicyclic amines) is 1. The Hall–Kier alpha value is -1.86. The first-order valence-corrected chi connectivity index (χ1v) is 6.21. The number of hydrogen-bond donors (Lipinski definition) is 1. The number of primary amides is 1. The highest BCUT2D eigenvalue weighted by Gasteiger charge is 2.34. The molecule has 1 aromatic carbocycles. The molecular weight excluding hydrogens is 226 g/mol. The molecule has 0 saturated carbocycles. The summed E-state index contributed by atoms with van der Waals surface area (Å²) in [4.78, 5) is 13.5. The van der Waals surface area contributed by atoms with E-state index in [0.717, 1.165) is 24.9 Å². The minimum atomic E-state index is -0.286. The third kappa shape index (κ3) is 2.52. The second kappa shape index (κ2) is 5.65. The first-order chi connectivity index (χ1) is 8.74. The first-order valence-electron chi connectivity index (χ1n) is 6.21. The van der Waals surface area contributed by atoms with Crippen LogP contribution in [0, 0.1) is 11.3 Å². The van der Waals surface area contributed by atoms with E-state index in [2.05, 4.69) is 11.0 Å². The quantitative estimate of drug-likeness (QED) is 0.873. The second-order valence-electron chi connectivity index (χ2n) is 4.59. The van der Waals surface area contributed by atoms with Gasteiger partial charge >= 0.3 is 0 Å². The Morgan fingerprint density at radius 1 is 1.50 bits per heavy atom. The Kier molecular flexibility index (Phi) is 3.96. The average molecular weight is 243 g/mol. The standard InChI is InChI=1S/C14H17N3O/c15-9-8-12(11-5-2-1-3-6-11)17-10-4-7-13(17)14(16)18/h1-3,5-6,12-13H,4,7-8,10H2,(H2,16,18). The maximum atomic E-state index is 11.4. The van der Waals surface area contributed by atoms with Crippen molar-refractivity contribution in [1.82, 2.24) is 4.90 Å². The fourth-order valence-electron chi connectivity index (χ4n) is 2.66. The molecule has 2 unspecified atom stereocenters. The zero-order chi connectivity index (χ0) is 13.0. The van der Waals surface area contributed by atoms with Gasteiger partial charge in [0.15, 0.2) is 0 Å². The van der Waals surface area contributed by atoms with Crippen LogP contribution in [0.5, 0.6) is 0 Å². The molecule has 2 rings (SSSR count). The Bertz CT molecular complexity index is 452. The molecule has 1 heterocycles. The number of amides is 1. The van der Waals surface area contributed by atoms with Crippen LogP contribution in [0.15, 0.2) is 30.3 Å². The van der Waals surface area contributed by atoms with E-state index in [9.17, 15) is 4.79 Å². The molecule has 4 heteroatoms. The fraction of sp³-hybridized carbons (Fsp3) is 0.429. The van der Waals surface area contributed by atoms with Crippen LogP contribution in [0.1, 0.15) is 30.9 Å². The summed E-state index contributed by atoms with van der Waals surface area (Å²) >= 11 is 0. The summed E-state index contributed by atoms with van der Waals surface area (Å²) in [6.07, 6.45) is 2.14. The van der Waals surface area contributed by atoms with Crippen molar-refractivity contribution in [3.05, 3.63) is 35.9 Å². The molecule has 0 aromatic heterocycles. The highest BCUT2D eigenvalue weighted by Crippen LogP contribution is 2.31. The summed E-state index contributed by atoms with van der Waals surface area (Å²) in [7, 11) is 0. The summed E-state index contributed by atoms with van der Waals surface area (Å²) in [6.45, 7) is 0.828. The van der Waals surface area contributed by atoms with Gasteiger partial charge in [0, 0.05) is 6.04 Å². The lowest BCUT2D eigenvalue weighted by Crippen LogP contribution is -2.42. The van der Waals surface area contributed by atoms with E-state index < -0.39 is 0 Å². The molecule has 1 amide bonds. The van der Waals surface area contributed by atoms with Gasteiger partial charge < -0.3 is 5.73 Å². The SMILES string of the molecule is N#CCC(c1ccccc1)N1CCCC1C(N)=O. The number of rotatable bonds is 4. The van der Waals surface area contributed by atoms with E-state index >= 15 is 0 Å². The summed E-state index contributed by atoms with van der Waals surface area (Å²) in [6, 6.07) is 11.8. The molecule has 4 nitrogen and oxygen atoms in total. The third-order valence-electron chi connectivity index (χ3n) is 3.49. The molecule has 2 N–H and O–H groups in total. The van der Waals surface area contributed by atoms with E-state index in [-0.39, 0.29) is 18.0 Å². The van der Waals surface area contributed by atoms with Gasteiger partial charge in [-0.1, -0.05) is 30.3 Å². The smallest absolute Gasteiger partial charge is 0.234 e. The molecule has 2 atom stereocenters. The predicted octanol–water partition coefficient (Wildman–Crippen LogP) is 1.59. The van der Waals surface area contributed by atoms with Crippen molar-refractivity contribution in [2.24, 2.45) is 5.73 Å². The van der Waals surface area contributed by atoms with Crippen molar-refractivity contribution in [2.75, 3.05) is 6.54 Å². The Morgan fingerprint density at radius 2 is 2.22 bits per heavy atom. The maximum Gasteiger partial charge on any atom is 0.234 e. The number of hydrogen-bond acceptors (Lipinski definition) is 3. The summed E-state index contributed by atoms with van der Waals surface area (Å²) in [5.74, 6) is -0.286. The topological polar surface area (TPSA) is 70.1 Å². The summed E-state index contributed by atoms with van der Waals surface area (Å²) in [5, 5.41) is 8.99. The minimum Gasteiger partial charge on any atom is -0.368 e. The van der Waals surface area contributed by atoms with E-state index in [1.165, 1.54) is 0 Å². The van der Waals surface area contributed by atoms with Crippen molar-refractivity contribution >= 4 is 5.91 Å². The molecule has 18 heavy (non-hydrogen) atoms. The number of benzene rings is 1. The van der Waals surface area contributed by atoms with Crippen LogP contribution in [-0.2, 0) is 4.79 Å². The van der Waals surface area contributed by atoms with Crippen molar-refractivity contribution in [2.45, 2.75) is 31.3 Å². The number of carbonyl (C=O) groups is 1. The molecular formula is C14H17N3O. The zero-order valence-electron chi connectivity index (χ0n) is 10.2. The van der Waals surface area contributed by atoms with Gasteiger partial charge in [0.1, 0.15) is 0 Å². The van der Waals surface area contributed by atoms with Gasteiger partial charge in [-0.2, -0.15) is 5.26 Å². The molecule has 1 aliphatic rings. The van der Waals surface area contributed by atoms with E-state index in [1.807, 2.05) is 30.3 Å². The minimum absolute atomic E-state index is 0.0313. The van der Waals surface area contributed by atoms with Gasteiger partial charge in [0.05, 0.1) is 18.5 Å². The number of carbonyl (C=O) groups excluding carboxylic acids is 1. The number of nitrogens with two attached hydrogens (primary N) is 1. The van der Waals surface area contributed by atoms with Crippen molar-refractivity contribution in [1.29, 1.82) is 5.26 Å². The van der Waals surface area contributed by atoms with Crippen molar-refractivity contribution in [3.8, 4) is 6.07 Å². The van der Waals surface area contributed by atoms with Gasteiger partial charge in [-0.15, -0.1) is 0 Å². The first kappa shape index (κ1) is 12.6. The van der Waals surface area contributed by atoms with E-state index in [4.69, 9.17) is 11.0 Å². The van der Waals surface area contributed by atoms with Crippen LogP contribution >= 0.6 is 0 Å². The van der Waals surface area contributed by atoms with Crippen molar-refractivity contribution in [3.63, 3.8) is 0 Å². The molecule has 1 fully saturated rings. The van der Waals surface area contributed by atoms with Crippen LogP contribution in [0.25, 0.3) is 0 Å². The van der Waals surface area contributed by atoms with Crippen LogP contribution in [0.3, 0.4) is 0 Å². The van der Waals surface area contributed by atoms with Crippen LogP contribution in [0.2, 0.25) is 0 Å². The highest BCUT2D eigenvalue weighted by molar-refractivity contribution is 5.80. The second-order valence-corrected chi connectivity index (χ2v) is 4.59. The molecule has 0 aliphatic carbocycles. The van der Waals surface area contributed by atoms with E-state index in [1.54, 1.807) is 0 Å². The molecule has 1 aliphatic heterocycles. The van der Waals surface area contributed by atoms with Gasteiger partial charge in [-0.3, -0.25) is 9.69 Å². The normalized spacial score (nSPS) is 21.4. The largest absolute Gasteiger partial charge is 0.368 e. The molecule has 1 saturated heterocycles. The maximum absolute atomic E-state index is 11.4. The Balaban J connectivity index is 2.25. The highest BCUT2D eigenvalue weighted by atomic mass is 16.1. The predicted molar refractivity (Wildman–Crippen MR) is 68.3 cm³/mol. The molecule has 0 bridgehead atoms. The fourth-order valence-corrected chi connectivity index (χ4v) is 2.66. The van der Waals surface area contributed by atoms with Crippen LogP contribution in [-0.4, -0.2) is 23.4 Å². The van der Waals surface area contributed by atoms with Gasteiger partial charge in [-0.25, -0.2) is 0 Å². The van der Waals surface area contributed by atoms with Crippen LogP contribution in [0.4, 0.5) is 0 Å². The molecule has 0 spiro atoms. The lowest BCUT2D eigenvalue weighted by atomic mass is 10.0. The molecule has 1 aromatic rings. The summed E-state index contributed by atoms with van der Waals surface area (Å²) < 4.78 is 0. The number of nitrogens with zero attached hydrogens (tertiary/aromatic N) is 2. The monoisotopic (exact) mass is 243 g/mol. The summed E-state index contributed by atoms with van der Waals surface area (Å²) in [5.41, 5.74) is 6.51. The van der Waals surface area contributed by atoms with E-state index in [0.29, 0.717) is 6.42 Å². The lowest BCUT2D eigenvalue weighted by Gasteiger charge is -2.30. The Labute approximate surface area is 107 Å². The van der Waals surface area contributed by atoms with Crippen LogP contribution < -0.4 is 5.73 Å². The van der Waals surface area contributed by atoms with Gasteiger partial charge in [0.2, 0.25) is 5.91 Å². The van der Waals surface area contributed by atoms with Crippen molar-refractivity contribution < 1.29 is 4.79 Å². The Morgan fingerprint density at radius 3 is 2.83 bits per heavy atom. The third-order valence-corrected chi connectivity index (χ3v) is 3.49. The number of nitriles is 1.